The van der Waals surface area contributed by atoms with Crippen LogP contribution in [0.3, 0.4) is 0 Å². The smallest absolute Gasteiger partial charge is 0.334 e. The quantitative estimate of drug-likeness (QED) is 0.301. The number of carbonyl (C=O) groups is 2. The van der Waals surface area contributed by atoms with Gasteiger partial charge in [0.15, 0.2) is 0 Å². The van der Waals surface area contributed by atoms with Crippen LogP contribution in [0.5, 0.6) is 0 Å². The van der Waals surface area contributed by atoms with E-state index in [9.17, 15) is 9.59 Å². The fraction of sp³-hybridized carbons (Fsp3) is 0.286. The Morgan fingerprint density at radius 3 is 1.50 bits per heavy atom. The highest BCUT2D eigenvalue weighted by molar-refractivity contribution is 5.90. The SMILES string of the molecule is C=CCOC(=O)/C(C)=C/C=C(\C)C(=O)OCC=C. The van der Waals surface area contributed by atoms with Crippen molar-refractivity contribution in [2.24, 2.45) is 0 Å². The maximum Gasteiger partial charge on any atom is 0.334 e. The Morgan fingerprint density at radius 2 is 1.22 bits per heavy atom. The summed E-state index contributed by atoms with van der Waals surface area (Å²) in [7, 11) is 0. The molecule has 0 rings (SSSR count). The molecule has 0 aromatic rings. The lowest BCUT2D eigenvalue weighted by Gasteiger charge is -2.02. The summed E-state index contributed by atoms with van der Waals surface area (Å²) >= 11 is 0. The van der Waals surface area contributed by atoms with Crippen LogP contribution < -0.4 is 0 Å². The number of rotatable bonds is 7. The van der Waals surface area contributed by atoms with Gasteiger partial charge in [-0.15, -0.1) is 0 Å². The number of ether oxygens (including phenoxy) is 2. The van der Waals surface area contributed by atoms with Crippen molar-refractivity contribution >= 4 is 11.9 Å². The number of carbonyl (C=O) groups excluding carboxylic acids is 2. The maximum atomic E-state index is 11.4. The number of hydrogen-bond donors (Lipinski definition) is 0. The summed E-state index contributed by atoms with van der Waals surface area (Å²) in [5.74, 6) is -0.892. The fourth-order valence-electron chi connectivity index (χ4n) is 0.883. The summed E-state index contributed by atoms with van der Waals surface area (Å²) in [6.07, 6.45) is 5.99. The Hall–Kier alpha value is -2.10. The molecule has 0 heterocycles. The highest BCUT2D eigenvalue weighted by Gasteiger charge is 2.05. The van der Waals surface area contributed by atoms with E-state index in [1.807, 2.05) is 0 Å². The summed E-state index contributed by atoms with van der Waals surface area (Å²) in [6, 6.07) is 0. The van der Waals surface area contributed by atoms with Crippen LogP contribution in [-0.2, 0) is 19.1 Å². The molecule has 0 atom stereocenters. The molecule has 0 aromatic heterocycles. The number of allylic oxidation sites excluding steroid dienone is 2. The van der Waals surface area contributed by atoms with Crippen molar-refractivity contribution in [1.82, 2.24) is 0 Å². The van der Waals surface area contributed by atoms with Crippen molar-refractivity contribution in [2.75, 3.05) is 13.2 Å². The molecule has 18 heavy (non-hydrogen) atoms. The second-order valence-electron chi connectivity index (χ2n) is 3.47. The van der Waals surface area contributed by atoms with Crippen molar-refractivity contribution < 1.29 is 19.1 Å². The molecule has 0 spiro atoms. The first-order valence-corrected chi connectivity index (χ1v) is 5.44. The Balaban J connectivity index is 4.48. The lowest BCUT2D eigenvalue weighted by Crippen LogP contribution is -2.07. The van der Waals surface area contributed by atoms with E-state index in [-0.39, 0.29) is 13.2 Å². The molecule has 0 aromatic carbocycles. The molecule has 0 aliphatic rings. The van der Waals surface area contributed by atoms with Crippen LogP contribution in [-0.4, -0.2) is 25.2 Å². The van der Waals surface area contributed by atoms with E-state index in [2.05, 4.69) is 13.2 Å². The second-order valence-corrected chi connectivity index (χ2v) is 3.47. The monoisotopic (exact) mass is 250 g/mol. The third kappa shape index (κ3) is 6.48. The Bertz CT molecular complexity index is 351. The van der Waals surface area contributed by atoms with Crippen LogP contribution in [0.1, 0.15) is 13.8 Å². The first-order chi connectivity index (χ1) is 8.52. The number of hydrogen-bond acceptors (Lipinski definition) is 4. The van der Waals surface area contributed by atoms with Crippen LogP contribution in [0.15, 0.2) is 48.6 Å². The predicted molar refractivity (Wildman–Crippen MR) is 69.8 cm³/mol. The van der Waals surface area contributed by atoms with E-state index in [4.69, 9.17) is 9.47 Å². The molecule has 4 heteroatoms. The molecule has 0 unspecified atom stereocenters. The van der Waals surface area contributed by atoms with Gasteiger partial charge in [0.1, 0.15) is 13.2 Å². The molecule has 0 bridgehead atoms. The van der Waals surface area contributed by atoms with Gasteiger partial charge in [0.2, 0.25) is 0 Å². The largest absolute Gasteiger partial charge is 0.458 e. The van der Waals surface area contributed by atoms with Crippen LogP contribution in [0.2, 0.25) is 0 Å². The van der Waals surface area contributed by atoms with Crippen LogP contribution in [0.25, 0.3) is 0 Å². The molecular formula is C14H18O4. The molecule has 98 valence electrons. The van der Waals surface area contributed by atoms with Gasteiger partial charge in [-0.3, -0.25) is 0 Å². The predicted octanol–water partition coefficient (Wildman–Crippen LogP) is 2.34. The normalized spacial score (nSPS) is 11.7. The topological polar surface area (TPSA) is 52.6 Å². The van der Waals surface area contributed by atoms with Crippen molar-refractivity contribution in [3.63, 3.8) is 0 Å². The standard InChI is InChI=1S/C14H18O4/c1-5-9-17-13(15)11(3)7-8-12(4)14(16)18-10-6-2/h5-8H,1-2,9-10H2,3-4H3/b11-7+,12-8+. The summed E-state index contributed by atoms with van der Waals surface area (Å²) < 4.78 is 9.65. The Labute approximate surface area is 107 Å². The van der Waals surface area contributed by atoms with Gasteiger partial charge in [-0.2, -0.15) is 0 Å². The summed E-state index contributed by atoms with van der Waals surface area (Å²) in [5, 5.41) is 0. The molecule has 0 N–H and O–H groups in total. The van der Waals surface area contributed by atoms with Gasteiger partial charge in [-0.25, -0.2) is 9.59 Å². The lowest BCUT2D eigenvalue weighted by molar-refractivity contribution is -0.138. The molecule has 0 aliphatic heterocycles. The van der Waals surface area contributed by atoms with Crippen molar-refractivity contribution in [3.05, 3.63) is 48.6 Å². The summed E-state index contributed by atoms with van der Waals surface area (Å²) in [6.45, 7) is 10.4. The van der Waals surface area contributed by atoms with Gasteiger partial charge in [0.25, 0.3) is 0 Å². The summed E-state index contributed by atoms with van der Waals surface area (Å²) in [4.78, 5) is 22.7. The van der Waals surface area contributed by atoms with Gasteiger partial charge in [0, 0.05) is 11.1 Å². The zero-order valence-electron chi connectivity index (χ0n) is 10.8. The second kappa shape index (κ2) is 8.98. The Morgan fingerprint density at radius 1 is 0.889 bits per heavy atom. The molecular weight excluding hydrogens is 232 g/mol. The Kier molecular flexibility index (Phi) is 7.94. The van der Waals surface area contributed by atoms with Gasteiger partial charge in [-0.05, 0) is 13.8 Å². The van der Waals surface area contributed by atoms with E-state index >= 15 is 0 Å². The van der Waals surface area contributed by atoms with Gasteiger partial charge in [0.05, 0.1) is 0 Å². The highest BCUT2D eigenvalue weighted by Crippen LogP contribution is 2.02. The van der Waals surface area contributed by atoms with E-state index < -0.39 is 11.9 Å². The molecule has 0 amide bonds. The van der Waals surface area contributed by atoms with E-state index in [1.54, 1.807) is 13.8 Å². The minimum absolute atomic E-state index is 0.161. The minimum atomic E-state index is -0.446. The third-order valence-corrected chi connectivity index (χ3v) is 1.89. The first kappa shape index (κ1) is 15.9. The van der Waals surface area contributed by atoms with Crippen LogP contribution in [0, 0.1) is 0 Å². The van der Waals surface area contributed by atoms with Gasteiger partial charge in [-0.1, -0.05) is 37.5 Å². The number of esters is 2. The highest BCUT2D eigenvalue weighted by atomic mass is 16.5. The molecule has 0 saturated heterocycles. The van der Waals surface area contributed by atoms with Gasteiger partial charge >= 0.3 is 11.9 Å². The van der Waals surface area contributed by atoms with Gasteiger partial charge < -0.3 is 9.47 Å². The van der Waals surface area contributed by atoms with E-state index in [0.717, 1.165) is 0 Å². The lowest BCUT2D eigenvalue weighted by atomic mass is 10.2. The molecule has 0 radical (unpaired) electrons. The average Bonchev–Trinajstić information content (AvgIpc) is 2.38. The first-order valence-electron chi connectivity index (χ1n) is 5.44. The molecule has 0 fully saturated rings. The zero-order chi connectivity index (χ0) is 14.0. The van der Waals surface area contributed by atoms with Crippen molar-refractivity contribution in [3.8, 4) is 0 Å². The molecule has 0 aliphatic carbocycles. The zero-order valence-corrected chi connectivity index (χ0v) is 10.8. The average molecular weight is 250 g/mol. The molecule has 4 nitrogen and oxygen atoms in total. The van der Waals surface area contributed by atoms with E-state index in [0.29, 0.717) is 11.1 Å². The van der Waals surface area contributed by atoms with Crippen molar-refractivity contribution in [2.45, 2.75) is 13.8 Å². The maximum absolute atomic E-state index is 11.4. The van der Waals surface area contributed by atoms with E-state index in [1.165, 1.54) is 24.3 Å². The molecule has 0 saturated carbocycles. The summed E-state index contributed by atoms with van der Waals surface area (Å²) in [5.41, 5.74) is 0.792. The van der Waals surface area contributed by atoms with Crippen molar-refractivity contribution in [1.29, 1.82) is 0 Å². The van der Waals surface area contributed by atoms with Crippen LogP contribution >= 0.6 is 0 Å². The fourth-order valence-corrected chi connectivity index (χ4v) is 0.883. The minimum Gasteiger partial charge on any atom is -0.458 e. The van der Waals surface area contributed by atoms with Crippen LogP contribution in [0.4, 0.5) is 0 Å². The third-order valence-electron chi connectivity index (χ3n) is 1.89.